The van der Waals surface area contributed by atoms with Crippen molar-refractivity contribution >= 4 is 11.6 Å². The fraction of sp³-hybridized carbons (Fsp3) is 0.235. The molecular weight excluding hydrogens is 266 g/mol. The summed E-state index contributed by atoms with van der Waals surface area (Å²) in [6.45, 7) is 0.557. The molecule has 1 heterocycles. The molecule has 2 aromatic rings. The van der Waals surface area contributed by atoms with Gasteiger partial charge in [-0.2, -0.15) is 0 Å². The molecule has 1 N–H and O–H groups in total. The molecule has 1 aliphatic rings. The molecule has 0 radical (unpaired) electrons. The fourth-order valence-corrected chi connectivity index (χ4v) is 2.56. The van der Waals surface area contributed by atoms with E-state index in [4.69, 9.17) is 9.47 Å². The third-order valence-electron chi connectivity index (χ3n) is 3.60. The maximum atomic E-state index is 12.5. The van der Waals surface area contributed by atoms with E-state index in [9.17, 15) is 4.79 Å². The van der Waals surface area contributed by atoms with Crippen LogP contribution in [0.25, 0.3) is 0 Å². The molecule has 0 fully saturated rings. The lowest BCUT2D eigenvalue weighted by molar-refractivity contribution is -0.128. The van der Waals surface area contributed by atoms with E-state index < -0.39 is 6.10 Å². The minimum atomic E-state index is -0.570. The number of rotatable bonds is 3. The van der Waals surface area contributed by atoms with Crippen molar-refractivity contribution in [2.75, 3.05) is 19.0 Å². The monoisotopic (exact) mass is 283 g/mol. The van der Waals surface area contributed by atoms with Gasteiger partial charge in [0.15, 0.2) is 6.10 Å². The fourth-order valence-electron chi connectivity index (χ4n) is 2.56. The standard InChI is InChI=1S/C17H17NO3/c1-20-15-9-5-4-8-14(15)18-17(19)16-13-7-3-2-6-12(13)10-11-21-16/h2-9,16H,10-11H2,1H3,(H,18,19)/t16-/m1/s1. The first-order valence-corrected chi connectivity index (χ1v) is 6.93. The number of hydrogen-bond donors (Lipinski definition) is 1. The van der Waals surface area contributed by atoms with Crippen molar-refractivity contribution in [1.82, 2.24) is 0 Å². The molecule has 0 bridgehead atoms. The number of ether oxygens (including phenoxy) is 2. The number of para-hydroxylation sites is 2. The molecule has 4 nitrogen and oxygen atoms in total. The molecule has 0 unspecified atom stereocenters. The second-order valence-electron chi connectivity index (χ2n) is 4.89. The largest absolute Gasteiger partial charge is 0.495 e. The lowest BCUT2D eigenvalue weighted by Crippen LogP contribution is -2.28. The van der Waals surface area contributed by atoms with Crippen LogP contribution < -0.4 is 10.1 Å². The van der Waals surface area contributed by atoms with Crippen molar-refractivity contribution in [3.05, 3.63) is 59.7 Å². The van der Waals surface area contributed by atoms with Gasteiger partial charge in [0.05, 0.1) is 19.4 Å². The number of methoxy groups -OCH3 is 1. The van der Waals surface area contributed by atoms with E-state index in [0.29, 0.717) is 18.0 Å². The molecule has 0 saturated heterocycles. The molecule has 1 amide bonds. The number of benzene rings is 2. The zero-order chi connectivity index (χ0) is 14.7. The van der Waals surface area contributed by atoms with E-state index in [2.05, 4.69) is 5.32 Å². The Kier molecular flexibility index (Phi) is 3.88. The van der Waals surface area contributed by atoms with Crippen LogP contribution >= 0.6 is 0 Å². The van der Waals surface area contributed by atoms with E-state index in [1.54, 1.807) is 7.11 Å². The average Bonchev–Trinajstić information content (AvgIpc) is 2.54. The van der Waals surface area contributed by atoms with Crippen molar-refractivity contribution in [3.63, 3.8) is 0 Å². The van der Waals surface area contributed by atoms with E-state index in [1.165, 1.54) is 5.56 Å². The Morgan fingerprint density at radius 1 is 1.19 bits per heavy atom. The summed E-state index contributed by atoms with van der Waals surface area (Å²) in [6.07, 6.45) is 0.272. The third kappa shape index (κ3) is 2.76. The summed E-state index contributed by atoms with van der Waals surface area (Å²) in [5.41, 5.74) is 2.76. The second-order valence-corrected chi connectivity index (χ2v) is 4.89. The van der Waals surface area contributed by atoms with E-state index in [0.717, 1.165) is 12.0 Å². The van der Waals surface area contributed by atoms with E-state index in [1.807, 2.05) is 48.5 Å². The zero-order valence-electron chi connectivity index (χ0n) is 11.8. The minimum absolute atomic E-state index is 0.174. The van der Waals surface area contributed by atoms with E-state index in [-0.39, 0.29) is 5.91 Å². The Morgan fingerprint density at radius 2 is 1.95 bits per heavy atom. The van der Waals surface area contributed by atoms with Gasteiger partial charge in [-0.15, -0.1) is 0 Å². The van der Waals surface area contributed by atoms with Gasteiger partial charge in [0.2, 0.25) is 0 Å². The van der Waals surface area contributed by atoms with Gasteiger partial charge in [-0.05, 0) is 29.7 Å². The van der Waals surface area contributed by atoms with Crippen molar-refractivity contribution in [1.29, 1.82) is 0 Å². The summed E-state index contributed by atoms with van der Waals surface area (Å²) < 4.78 is 10.9. The molecular formula is C17H17NO3. The van der Waals surface area contributed by atoms with Gasteiger partial charge in [-0.1, -0.05) is 36.4 Å². The van der Waals surface area contributed by atoms with Crippen LogP contribution in [0, 0.1) is 0 Å². The number of nitrogens with one attached hydrogen (secondary N) is 1. The van der Waals surface area contributed by atoms with Crippen molar-refractivity contribution in [2.24, 2.45) is 0 Å². The molecule has 108 valence electrons. The molecule has 0 spiro atoms. The second kappa shape index (κ2) is 5.97. The smallest absolute Gasteiger partial charge is 0.258 e. The van der Waals surface area contributed by atoms with Crippen molar-refractivity contribution < 1.29 is 14.3 Å². The van der Waals surface area contributed by atoms with Crippen molar-refractivity contribution in [3.8, 4) is 5.75 Å². The quantitative estimate of drug-likeness (QED) is 0.942. The van der Waals surface area contributed by atoms with E-state index >= 15 is 0 Å². The van der Waals surface area contributed by atoms with Gasteiger partial charge in [0, 0.05) is 0 Å². The molecule has 0 aliphatic carbocycles. The maximum Gasteiger partial charge on any atom is 0.258 e. The van der Waals surface area contributed by atoms with Gasteiger partial charge >= 0.3 is 0 Å². The first-order valence-electron chi connectivity index (χ1n) is 6.93. The molecule has 4 heteroatoms. The Labute approximate surface area is 123 Å². The van der Waals surface area contributed by atoms with Gasteiger partial charge in [-0.3, -0.25) is 4.79 Å². The molecule has 0 saturated carbocycles. The molecule has 21 heavy (non-hydrogen) atoms. The predicted molar refractivity (Wildman–Crippen MR) is 80.5 cm³/mol. The normalized spacial score (nSPS) is 16.9. The first-order chi connectivity index (χ1) is 10.3. The summed E-state index contributed by atoms with van der Waals surface area (Å²) in [6, 6.07) is 15.2. The van der Waals surface area contributed by atoms with Crippen LogP contribution in [0.15, 0.2) is 48.5 Å². The molecule has 2 aromatic carbocycles. The van der Waals surface area contributed by atoms with Gasteiger partial charge in [-0.25, -0.2) is 0 Å². The Hall–Kier alpha value is -2.33. The number of amides is 1. The van der Waals surface area contributed by atoms with Crippen LogP contribution in [0.3, 0.4) is 0 Å². The number of anilines is 1. The zero-order valence-corrected chi connectivity index (χ0v) is 11.8. The van der Waals surface area contributed by atoms with Gasteiger partial charge in [0.1, 0.15) is 5.75 Å². The highest BCUT2D eigenvalue weighted by Gasteiger charge is 2.27. The lowest BCUT2D eigenvalue weighted by Gasteiger charge is -2.25. The van der Waals surface area contributed by atoms with Crippen LogP contribution in [0.4, 0.5) is 5.69 Å². The number of carbonyl (C=O) groups is 1. The highest BCUT2D eigenvalue weighted by atomic mass is 16.5. The van der Waals surface area contributed by atoms with Gasteiger partial charge < -0.3 is 14.8 Å². The van der Waals surface area contributed by atoms with Crippen molar-refractivity contribution in [2.45, 2.75) is 12.5 Å². The maximum absolute atomic E-state index is 12.5. The Morgan fingerprint density at radius 3 is 2.81 bits per heavy atom. The highest BCUT2D eigenvalue weighted by Crippen LogP contribution is 2.30. The summed E-state index contributed by atoms with van der Waals surface area (Å²) in [5, 5.41) is 2.88. The first kappa shape index (κ1) is 13.6. The van der Waals surface area contributed by atoms with Crippen LogP contribution in [-0.2, 0) is 16.0 Å². The topological polar surface area (TPSA) is 47.6 Å². The SMILES string of the molecule is COc1ccccc1NC(=O)[C@@H]1OCCc2ccccc21. The minimum Gasteiger partial charge on any atom is -0.495 e. The molecule has 1 aliphatic heterocycles. The highest BCUT2D eigenvalue weighted by molar-refractivity contribution is 5.96. The number of fused-ring (bicyclic) bond motifs is 1. The molecule has 3 rings (SSSR count). The lowest BCUT2D eigenvalue weighted by atomic mass is 9.97. The molecule has 1 atom stereocenters. The van der Waals surface area contributed by atoms with Crippen LogP contribution in [0.5, 0.6) is 5.75 Å². The Balaban J connectivity index is 1.84. The average molecular weight is 283 g/mol. The summed E-state index contributed by atoms with van der Waals surface area (Å²) in [7, 11) is 1.58. The van der Waals surface area contributed by atoms with Gasteiger partial charge in [0.25, 0.3) is 5.91 Å². The number of carbonyl (C=O) groups excluding carboxylic acids is 1. The molecule has 0 aromatic heterocycles. The summed E-state index contributed by atoms with van der Waals surface area (Å²) in [5.74, 6) is 0.460. The Bertz CT molecular complexity index is 654. The van der Waals surface area contributed by atoms with Crippen LogP contribution in [0.2, 0.25) is 0 Å². The predicted octanol–water partition coefficient (Wildman–Crippen LogP) is 2.95. The number of hydrogen-bond acceptors (Lipinski definition) is 3. The van der Waals surface area contributed by atoms with Crippen LogP contribution in [-0.4, -0.2) is 19.6 Å². The third-order valence-corrected chi connectivity index (χ3v) is 3.60. The van der Waals surface area contributed by atoms with Crippen LogP contribution in [0.1, 0.15) is 17.2 Å². The summed E-state index contributed by atoms with van der Waals surface area (Å²) in [4.78, 5) is 12.5. The summed E-state index contributed by atoms with van der Waals surface area (Å²) >= 11 is 0.